The highest BCUT2D eigenvalue weighted by molar-refractivity contribution is 6.42. The van der Waals surface area contributed by atoms with Crippen molar-refractivity contribution >= 4 is 69.8 Å². The first-order valence-electron chi connectivity index (χ1n) is 12.0. The Morgan fingerprint density at radius 1 is 0.846 bits per heavy atom. The summed E-state index contributed by atoms with van der Waals surface area (Å²) >= 11 is 24.8. The quantitative estimate of drug-likeness (QED) is 0.212. The van der Waals surface area contributed by atoms with Crippen molar-refractivity contribution in [1.82, 2.24) is 14.7 Å². The van der Waals surface area contributed by atoms with Crippen molar-refractivity contribution in [2.75, 3.05) is 23.7 Å². The molecule has 39 heavy (non-hydrogen) atoms. The summed E-state index contributed by atoms with van der Waals surface area (Å²) in [4.78, 5) is 27.8. The van der Waals surface area contributed by atoms with Crippen LogP contribution in [-0.4, -0.2) is 39.7 Å². The highest BCUT2D eigenvalue weighted by Gasteiger charge is 2.22. The molecule has 0 radical (unpaired) electrons. The highest BCUT2D eigenvalue weighted by atomic mass is 35.5. The van der Waals surface area contributed by atoms with Crippen LogP contribution in [0.15, 0.2) is 72.8 Å². The molecule has 2 N–H and O–H groups in total. The molecule has 0 spiro atoms. The molecule has 0 saturated carbocycles. The van der Waals surface area contributed by atoms with Gasteiger partial charge in [-0.2, -0.15) is 5.10 Å². The number of para-hydroxylation sites is 1. The molecule has 3 aromatic carbocycles. The number of hydrogen-bond donors (Lipinski definition) is 2. The van der Waals surface area contributed by atoms with Crippen molar-refractivity contribution in [3.8, 4) is 16.9 Å². The van der Waals surface area contributed by atoms with Crippen LogP contribution in [0.2, 0.25) is 20.1 Å². The molecule has 0 aliphatic carbocycles. The number of benzene rings is 3. The fraction of sp³-hybridized carbons (Fsp3) is 0.179. The average Bonchev–Trinajstić information content (AvgIpc) is 3.31. The third kappa shape index (κ3) is 7.25. The van der Waals surface area contributed by atoms with E-state index in [1.54, 1.807) is 47.1 Å². The van der Waals surface area contributed by atoms with E-state index in [9.17, 15) is 9.59 Å². The zero-order valence-electron chi connectivity index (χ0n) is 21.1. The summed E-state index contributed by atoms with van der Waals surface area (Å²) in [5.74, 6) is 0.0739. The van der Waals surface area contributed by atoms with Crippen LogP contribution in [0.4, 0.5) is 16.3 Å². The molecule has 1 aromatic heterocycles. The number of nitrogens with zero attached hydrogens (tertiary/aromatic N) is 3. The summed E-state index contributed by atoms with van der Waals surface area (Å²) < 4.78 is 1.57. The molecule has 0 aliphatic rings. The van der Waals surface area contributed by atoms with Gasteiger partial charge in [0.05, 0.1) is 37.2 Å². The van der Waals surface area contributed by atoms with Crippen molar-refractivity contribution in [3.63, 3.8) is 0 Å². The Morgan fingerprint density at radius 3 is 2.18 bits per heavy atom. The minimum absolute atomic E-state index is 0.0942. The average molecular weight is 605 g/mol. The summed E-state index contributed by atoms with van der Waals surface area (Å²) in [6.07, 6.45) is 0. The number of rotatable bonds is 8. The maximum absolute atomic E-state index is 13.3. The molecule has 0 saturated heterocycles. The number of halogens is 4. The lowest BCUT2D eigenvalue weighted by molar-refractivity contribution is -0.116. The van der Waals surface area contributed by atoms with Crippen molar-refractivity contribution in [3.05, 3.63) is 92.9 Å². The van der Waals surface area contributed by atoms with Crippen LogP contribution in [0.25, 0.3) is 16.9 Å². The molecular formula is C28H25Cl4N5O2. The van der Waals surface area contributed by atoms with E-state index in [-0.39, 0.29) is 18.2 Å². The van der Waals surface area contributed by atoms with E-state index in [4.69, 9.17) is 51.5 Å². The normalized spacial score (nSPS) is 10.9. The molecule has 0 unspecified atom stereocenters. The Morgan fingerprint density at radius 2 is 1.54 bits per heavy atom. The molecule has 0 fully saturated rings. The van der Waals surface area contributed by atoms with Crippen molar-refractivity contribution < 1.29 is 9.59 Å². The second-order valence-corrected chi connectivity index (χ2v) is 10.8. The Kier molecular flexibility index (Phi) is 9.40. The Labute approximate surface area is 246 Å². The number of urea groups is 1. The number of carbonyl (C=O) groups excluding carboxylic acids is 2. The van der Waals surface area contributed by atoms with Gasteiger partial charge in [0.1, 0.15) is 12.4 Å². The van der Waals surface area contributed by atoms with E-state index in [0.29, 0.717) is 43.8 Å². The third-order valence-corrected chi connectivity index (χ3v) is 6.97. The Hall–Kier alpha value is -3.23. The smallest absolute Gasteiger partial charge is 0.315 e. The first-order chi connectivity index (χ1) is 18.6. The molecular weight excluding hydrogens is 580 g/mol. The maximum Gasteiger partial charge on any atom is 0.322 e. The van der Waals surface area contributed by atoms with Gasteiger partial charge in [0.15, 0.2) is 0 Å². The minimum Gasteiger partial charge on any atom is -0.315 e. The Bertz CT molecular complexity index is 1470. The summed E-state index contributed by atoms with van der Waals surface area (Å²) in [6, 6.07) is 20.8. The van der Waals surface area contributed by atoms with Gasteiger partial charge in [-0.15, -0.1) is 0 Å². The third-order valence-electron chi connectivity index (χ3n) is 5.60. The van der Waals surface area contributed by atoms with Crippen LogP contribution < -0.4 is 10.6 Å². The molecule has 1 heterocycles. The van der Waals surface area contributed by atoms with E-state index in [1.807, 2.05) is 44.2 Å². The lowest BCUT2D eigenvalue weighted by Crippen LogP contribution is -2.42. The maximum atomic E-state index is 13.3. The SMILES string of the molecule is CC(C)CN(CC(=O)Nc1cc(-c2ccccc2)nn1-c1ccc(Cl)c(Cl)c1)C(=O)Nc1c(Cl)cccc1Cl. The number of amides is 3. The van der Waals surface area contributed by atoms with Crippen molar-refractivity contribution in [1.29, 1.82) is 0 Å². The second-order valence-electron chi connectivity index (χ2n) is 9.14. The van der Waals surface area contributed by atoms with Crippen molar-refractivity contribution in [2.45, 2.75) is 13.8 Å². The van der Waals surface area contributed by atoms with Crippen LogP contribution in [0.3, 0.4) is 0 Å². The number of anilines is 2. The molecule has 202 valence electrons. The van der Waals surface area contributed by atoms with Gasteiger partial charge in [-0.05, 0) is 36.2 Å². The van der Waals surface area contributed by atoms with Crippen LogP contribution in [0.1, 0.15) is 13.8 Å². The van der Waals surface area contributed by atoms with E-state index in [1.165, 1.54) is 4.90 Å². The lowest BCUT2D eigenvalue weighted by Gasteiger charge is -2.25. The molecule has 7 nitrogen and oxygen atoms in total. The monoisotopic (exact) mass is 603 g/mol. The molecule has 0 atom stereocenters. The molecule has 3 amide bonds. The predicted octanol–water partition coefficient (Wildman–Crippen LogP) is 8.28. The van der Waals surface area contributed by atoms with Gasteiger partial charge in [0.25, 0.3) is 0 Å². The predicted molar refractivity (Wildman–Crippen MR) is 160 cm³/mol. The molecule has 0 bridgehead atoms. The molecule has 4 rings (SSSR count). The van der Waals surface area contributed by atoms with E-state index in [2.05, 4.69) is 10.6 Å². The Balaban J connectivity index is 1.60. The summed E-state index contributed by atoms with van der Waals surface area (Å²) in [5, 5.41) is 11.6. The van der Waals surface area contributed by atoms with Crippen LogP contribution in [0, 0.1) is 5.92 Å². The van der Waals surface area contributed by atoms with Gasteiger partial charge >= 0.3 is 6.03 Å². The summed E-state index contributed by atoms with van der Waals surface area (Å²) in [7, 11) is 0. The second kappa shape index (κ2) is 12.7. The van der Waals surface area contributed by atoms with E-state index < -0.39 is 11.9 Å². The largest absolute Gasteiger partial charge is 0.322 e. The van der Waals surface area contributed by atoms with E-state index in [0.717, 1.165) is 5.56 Å². The van der Waals surface area contributed by atoms with Crippen LogP contribution >= 0.6 is 46.4 Å². The summed E-state index contributed by atoms with van der Waals surface area (Å²) in [5.41, 5.74) is 2.39. The zero-order chi connectivity index (χ0) is 28.1. The topological polar surface area (TPSA) is 79.3 Å². The van der Waals surface area contributed by atoms with Gasteiger partial charge in [0, 0.05) is 18.2 Å². The van der Waals surface area contributed by atoms with Gasteiger partial charge in [0.2, 0.25) is 5.91 Å². The number of hydrogen-bond acceptors (Lipinski definition) is 3. The number of aromatic nitrogens is 2. The standard InChI is InChI=1S/C28H25Cl4N5O2/c1-17(2)15-36(28(39)34-27-21(30)9-6-10-22(27)31)16-26(38)33-25-14-24(18-7-4-3-5-8-18)35-37(25)19-11-12-20(29)23(32)13-19/h3-14,17H,15-16H2,1-2H3,(H,33,38)(H,34,39). The zero-order valence-corrected chi connectivity index (χ0v) is 24.1. The molecule has 4 aromatic rings. The fourth-order valence-corrected chi connectivity index (χ4v) is 4.64. The highest BCUT2D eigenvalue weighted by Crippen LogP contribution is 2.31. The van der Waals surface area contributed by atoms with Gasteiger partial charge in [-0.3, -0.25) is 4.79 Å². The first-order valence-corrected chi connectivity index (χ1v) is 13.5. The molecule has 11 heteroatoms. The minimum atomic E-state index is -0.503. The van der Waals surface area contributed by atoms with Crippen molar-refractivity contribution in [2.24, 2.45) is 5.92 Å². The van der Waals surface area contributed by atoms with Crippen LogP contribution in [-0.2, 0) is 4.79 Å². The van der Waals surface area contributed by atoms with Gasteiger partial charge in [-0.1, -0.05) is 96.6 Å². The summed E-state index contributed by atoms with van der Waals surface area (Å²) in [6.45, 7) is 4.00. The first kappa shape index (κ1) is 28.8. The number of nitrogens with one attached hydrogen (secondary N) is 2. The van der Waals surface area contributed by atoms with E-state index >= 15 is 0 Å². The molecule has 0 aliphatic heterocycles. The van der Waals surface area contributed by atoms with Gasteiger partial charge < -0.3 is 15.5 Å². The number of carbonyl (C=O) groups is 2. The fourth-order valence-electron chi connectivity index (χ4n) is 3.85. The van der Waals surface area contributed by atoms with Crippen LogP contribution in [0.5, 0.6) is 0 Å². The van der Waals surface area contributed by atoms with Gasteiger partial charge in [-0.25, -0.2) is 9.48 Å². The lowest BCUT2D eigenvalue weighted by atomic mass is 10.1.